The molecule has 53 heavy (non-hydrogen) atoms. The summed E-state index contributed by atoms with van der Waals surface area (Å²) in [5.41, 5.74) is 1.52. The van der Waals surface area contributed by atoms with Crippen LogP contribution in [0.1, 0.15) is 24.8 Å². The average Bonchev–Trinajstić information content (AvgIpc) is 3.60. The number of anilines is 4. The van der Waals surface area contributed by atoms with Crippen LogP contribution in [0.4, 0.5) is 28.1 Å². The maximum atomic E-state index is 14.6. The molecule has 278 valence electrons. The van der Waals surface area contributed by atoms with E-state index in [1.54, 1.807) is 46.6 Å². The molecule has 0 aliphatic carbocycles. The molecule has 3 aliphatic rings. The highest BCUT2D eigenvalue weighted by Crippen LogP contribution is 2.48. The zero-order valence-electron chi connectivity index (χ0n) is 29.5. The van der Waals surface area contributed by atoms with Crippen LogP contribution in [0.15, 0.2) is 59.4 Å². The molecule has 0 atom stereocenters. The lowest BCUT2D eigenvalue weighted by Crippen LogP contribution is -2.55. The van der Waals surface area contributed by atoms with Gasteiger partial charge in [0.15, 0.2) is 0 Å². The molecule has 3 aromatic rings. The number of hydrogen-bond donors (Lipinski definition) is 1. The van der Waals surface area contributed by atoms with Gasteiger partial charge in [0.25, 0.3) is 0 Å². The standard InChI is InChI=1S/C34H38Cl2N11O6/c1-47(2,19-21-7-12-38-31(21)46(50)51)15-5-6-27(48)43-13-9-23(10-14-43)45-32-22(17-39-33(42-32)41-26-8-11-37-20-40-26)18-44(34(45)49)30-28(35)24(52-3)16-25(53-4)29(30)36/h5-6,8,11-12,16-17,20,23H,7,9-10,13-15,18-19H2,1-4H3,(H,37,39,40,41,42)/q+1/b6-5+. The Bertz CT molecular complexity index is 1970. The number of halogens is 2. The monoisotopic (exact) mass is 766 g/mol. The average molecular weight is 768 g/mol. The fraction of sp³-hybridized carbons (Fsp3) is 0.382. The summed E-state index contributed by atoms with van der Waals surface area (Å²) in [4.78, 5) is 64.8. The molecule has 3 aliphatic heterocycles. The van der Waals surface area contributed by atoms with E-state index in [-0.39, 0.29) is 57.5 Å². The lowest BCUT2D eigenvalue weighted by molar-refractivity contribution is -0.880. The molecule has 0 saturated carbocycles. The summed E-state index contributed by atoms with van der Waals surface area (Å²) in [6, 6.07) is 2.45. The van der Waals surface area contributed by atoms with Crippen molar-refractivity contribution in [1.82, 2.24) is 24.8 Å². The molecule has 1 N–H and O–H groups in total. The van der Waals surface area contributed by atoms with Crippen molar-refractivity contribution in [2.75, 3.05) is 69.6 Å². The van der Waals surface area contributed by atoms with Crippen molar-refractivity contribution in [3.8, 4) is 11.5 Å². The number of rotatable bonds is 12. The van der Waals surface area contributed by atoms with E-state index in [1.165, 1.54) is 31.5 Å². The Morgan fingerprint density at radius 1 is 1.15 bits per heavy atom. The van der Waals surface area contributed by atoms with Crippen LogP contribution in [0.3, 0.4) is 0 Å². The van der Waals surface area contributed by atoms with Gasteiger partial charge in [0.1, 0.15) is 52.3 Å². The van der Waals surface area contributed by atoms with E-state index in [9.17, 15) is 19.7 Å². The van der Waals surface area contributed by atoms with Gasteiger partial charge >= 0.3 is 11.9 Å². The third kappa shape index (κ3) is 8.01. The lowest BCUT2D eigenvalue weighted by atomic mass is 10.0. The minimum Gasteiger partial charge on any atom is -0.495 e. The van der Waals surface area contributed by atoms with E-state index in [1.807, 2.05) is 14.1 Å². The maximum absolute atomic E-state index is 14.6. The highest BCUT2D eigenvalue weighted by Gasteiger charge is 2.41. The summed E-state index contributed by atoms with van der Waals surface area (Å²) < 4.78 is 11.4. The molecular weight excluding hydrogens is 729 g/mol. The number of ether oxygens (including phenoxy) is 2. The van der Waals surface area contributed by atoms with Gasteiger partial charge in [-0.3, -0.25) is 14.6 Å². The Kier molecular flexibility index (Phi) is 11.1. The number of carbonyl (C=O) groups excluding carboxylic acids is 2. The van der Waals surface area contributed by atoms with Gasteiger partial charge in [-0.25, -0.2) is 19.7 Å². The minimum absolute atomic E-state index is 0.0584. The SMILES string of the molecule is COc1cc(OC)c(Cl)c(N2Cc3cnc(Nc4ccncn4)nc3N(C3CCN(C(=O)/C=C/C[N+](C)(C)CC4=C([N+](=O)[O-])N=CC4)CC3)C2=O)c1Cl. The van der Waals surface area contributed by atoms with Gasteiger partial charge in [0.05, 0.1) is 52.7 Å². The Morgan fingerprint density at radius 2 is 1.87 bits per heavy atom. The number of nitrogens with one attached hydrogen (secondary N) is 1. The Balaban J connectivity index is 1.22. The number of aromatic nitrogens is 4. The van der Waals surface area contributed by atoms with Crippen LogP contribution in [0.25, 0.3) is 0 Å². The second kappa shape index (κ2) is 15.7. The number of hydrogen-bond acceptors (Lipinski definition) is 12. The summed E-state index contributed by atoms with van der Waals surface area (Å²) in [7, 11) is 6.81. The second-order valence-corrected chi connectivity index (χ2v) is 13.9. The molecule has 1 saturated heterocycles. The van der Waals surface area contributed by atoms with E-state index in [4.69, 9.17) is 37.7 Å². The number of likely N-dealkylation sites (tertiary alicyclic amines) is 1. The first kappa shape index (κ1) is 37.4. The second-order valence-electron chi connectivity index (χ2n) is 13.2. The topological polar surface area (TPSA) is 181 Å². The first-order chi connectivity index (χ1) is 25.4. The highest BCUT2D eigenvalue weighted by molar-refractivity contribution is 6.42. The van der Waals surface area contributed by atoms with Crippen molar-refractivity contribution in [3.63, 3.8) is 0 Å². The zero-order chi connectivity index (χ0) is 37.9. The van der Waals surface area contributed by atoms with Crippen molar-refractivity contribution in [3.05, 3.63) is 80.1 Å². The Hall–Kier alpha value is -5.39. The molecular formula is C34H38Cl2N11O6+. The van der Waals surface area contributed by atoms with Gasteiger partial charge in [-0.2, -0.15) is 4.98 Å². The predicted molar refractivity (Wildman–Crippen MR) is 199 cm³/mol. The minimum atomic E-state index is -0.460. The number of methoxy groups -OCH3 is 2. The molecule has 5 heterocycles. The van der Waals surface area contributed by atoms with Crippen LogP contribution >= 0.6 is 23.2 Å². The normalized spacial score (nSPS) is 16.4. The van der Waals surface area contributed by atoms with Crippen LogP contribution in [-0.2, 0) is 11.3 Å². The molecule has 2 aromatic heterocycles. The summed E-state index contributed by atoms with van der Waals surface area (Å²) >= 11 is 13.6. The highest BCUT2D eigenvalue weighted by atomic mass is 35.5. The summed E-state index contributed by atoms with van der Waals surface area (Å²) in [6.45, 7) is 1.74. The molecule has 0 unspecified atom stereocenters. The molecule has 17 nitrogen and oxygen atoms in total. The van der Waals surface area contributed by atoms with Crippen molar-refractivity contribution in [2.45, 2.75) is 31.8 Å². The van der Waals surface area contributed by atoms with Crippen LogP contribution in [-0.4, -0.2) is 113 Å². The van der Waals surface area contributed by atoms with E-state index in [0.717, 1.165) is 0 Å². The molecule has 0 radical (unpaired) electrons. The molecule has 0 spiro atoms. The zero-order valence-corrected chi connectivity index (χ0v) is 31.0. The van der Waals surface area contributed by atoms with Crippen LogP contribution in [0.2, 0.25) is 10.0 Å². The predicted octanol–water partition coefficient (Wildman–Crippen LogP) is 4.87. The number of nitrogens with zero attached hydrogens (tertiary/aromatic N) is 10. The summed E-state index contributed by atoms with van der Waals surface area (Å²) in [5, 5.41) is 14.7. The van der Waals surface area contributed by atoms with Gasteiger partial charge in [-0.15, -0.1) is 0 Å². The van der Waals surface area contributed by atoms with Crippen molar-refractivity contribution < 1.29 is 28.5 Å². The number of urea groups is 1. The molecule has 1 aromatic carbocycles. The number of quaternary nitrogens is 1. The third-order valence-electron chi connectivity index (χ3n) is 9.14. The van der Waals surface area contributed by atoms with Crippen LogP contribution in [0, 0.1) is 10.1 Å². The lowest BCUT2D eigenvalue weighted by Gasteiger charge is -2.43. The third-order valence-corrected chi connectivity index (χ3v) is 9.87. The number of carbonyl (C=O) groups is 2. The number of benzene rings is 1. The number of aliphatic imine (C=N–C) groups is 1. The van der Waals surface area contributed by atoms with Gasteiger partial charge < -0.3 is 34.3 Å². The van der Waals surface area contributed by atoms with E-state index in [0.29, 0.717) is 72.7 Å². The van der Waals surface area contributed by atoms with Crippen LogP contribution < -0.4 is 24.6 Å². The van der Waals surface area contributed by atoms with Gasteiger partial charge in [-0.1, -0.05) is 28.2 Å². The van der Waals surface area contributed by atoms with Crippen molar-refractivity contribution >= 4 is 64.6 Å². The van der Waals surface area contributed by atoms with Gasteiger partial charge in [0.2, 0.25) is 11.9 Å². The quantitative estimate of drug-likeness (QED) is 0.115. The molecule has 3 amide bonds. The number of piperidine rings is 1. The van der Waals surface area contributed by atoms with Gasteiger partial charge in [0, 0.05) is 55.7 Å². The van der Waals surface area contributed by atoms with E-state index < -0.39 is 11.0 Å². The van der Waals surface area contributed by atoms with Crippen LogP contribution in [0.5, 0.6) is 11.5 Å². The Labute approximate surface area is 315 Å². The Morgan fingerprint density at radius 3 is 2.51 bits per heavy atom. The van der Waals surface area contributed by atoms with E-state index >= 15 is 0 Å². The fourth-order valence-electron chi connectivity index (χ4n) is 6.54. The first-order valence-electron chi connectivity index (χ1n) is 16.7. The number of likely N-dealkylation sites (N-methyl/N-ethyl adjacent to an activating group) is 1. The molecule has 1 fully saturated rings. The summed E-state index contributed by atoms with van der Waals surface area (Å²) in [5.74, 6) is 1.42. The summed E-state index contributed by atoms with van der Waals surface area (Å²) in [6.07, 6.45) is 10.8. The van der Waals surface area contributed by atoms with Crippen molar-refractivity contribution in [2.24, 2.45) is 4.99 Å². The molecule has 0 bridgehead atoms. The molecule has 6 rings (SSSR count). The fourth-order valence-corrected chi connectivity index (χ4v) is 7.24. The molecule has 19 heteroatoms. The number of fused-ring (bicyclic) bond motifs is 1. The van der Waals surface area contributed by atoms with E-state index in [2.05, 4.69) is 25.3 Å². The van der Waals surface area contributed by atoms with Crippen molar-refractivity contribution in [1.29, 1.82) is 0 Å². The number of nitro groups is 1. The largest absolute Gasteiger partial charge is 0.495 e. The maximum Gasteiger partial charge on any atom is 0.368 e. The smallest absolute Gasteiger partial charge is 0.368 e. The van der Waals surface area contributed by atoms with Gasteiger partial charge in [-0.05, 0) is 29.9 Å². The first-order valence-corrected chi connectivity index (χ1v) is 17.4. The number of amides is 3.